The lowest BCUT2D eigenvalue weighted by molar-refractivity contribution is -0.137. The molecule has 0 fully saturated rings. The zero-order valence-electron chi connectivity index (χ0n) is 15.5. The summed E-state index contributed by atoms with van der Waals surface area (Å²) >= 11 is 0. The van der Waals surface area contributed by atoms with Crippen molar-refractivity contribution in [2.24, 2.45) is 0 Å². The molecule has 8 heteroatoms. The van der Waals surface area contributed by atoms with Gasteiger partial charge in [-0.25, -0.2) is 4.79 Å². The summed E-state index contributed by atoms with van der Waals surface area (Å²) in [4.78, 5) is 23.3. The van der Waals surface area contributed by atoms with E-state index in [0.717, 1.165) is 12.1 Å². The molecule has 2 aromatic rings. The van der Waals surface area contributed by atoms with Crippen molar-refractivity contribution in [1.29, 1.82) is 0 Å². The van der Waals surface area contributed by atoms with Crippen LogP contribution < -0.4 is 10.1 Å². The number of ether oxygens (including phenoxy) is 2. The summed E-state index contributed by atoms with van der Waals surface area (Å²) in [5.41, 5.74) is -0.212. The van der Waals surface area contributed by atoms with Gasteiger partial charge in [-0.05, 0) is 49.4 Å². The van der Waals surface area contributed by atoms with Crippen LogP contribution in [0.2, 0.25) is 0 Å². The Balaban J connectivity index is 1.78. The molecule has 0 aliphatic carbocycles. The molecule has 0 bridgehead atoms. The third-order valence-corrected chi connectivity index (χ3v) is 3.53. The van der Waals surface area contributed by atoms with E-state index in [4.69, 9.17) is 9.47 Å². The average molecular weight is 405 g/mol. The molecule has 0 radical (unpaired) electrons. The second-order valence-corrected chi connectivity index (χ2v) is 5.69. The number of carbonyl (C=O) groups is 2. The van der Waals surface area contributed by atoms with Crippen molar-refractivity contribution >= 4 is 11.9 Å². The third-order valence-electron chi connectivity index (χ3n) is 3.53. The molecule has 152 valence electrons. The number of halogens is 3. The highest BCUT2D eigenvalue weighted by molar-refractivity contribution is 5.89. The molecule has 1 amide bonds. The molecule has 0 aliphatic rings. The van der Waals surface area contributed by atoms with E-state index < -0.39 is 23.6 Å². The lowest BCUT2D eigenvalue weighted by Gasteiger charge is -2.07. The summed E-state index contributed by atoms with van der Waals surface area (Å²) in [5.74, 6) is 4.65. The van der Waals surface area contributed by atoms with Crippen LogP contribution in [0.5, 0.6) is 5.75 Å². The van der Waals surface area contributed by atoms with Crippen molar-refractivity contribution in [2.75, 3.05) is 19.8 Å². The van der Waals surface area contributed by atoms with Gasteiger partial charge in [-0.3, -0.25) is 4.79 Å². The number of alkyl halides is 3. The van der Waals surface area contributed by atoms with Crippen LogP contribution in [0, 0.1) is 11.8 Å². The number of esters is 1. The van der Waals surface area contributed by atoms with Gasteiger partial charge in [0.05, 0.1) is 24.3 Å². The topological polar surface area (TPSA) is 64.6 Å². The zero-order valence-corrected chi connectivity index (χ0v) is 15.5. The first-order valence-corrected chi connectivity index (χ1v) is 8.62. The zero-order chi connectivity index (χ0) is 21.3. The molecule has 0 aliphatic heterocycles. The van der Waals surface area contributed by atoms with Gasteiger partial charge < -0.3 is 14.8 Å². The summed E-state index contributed by atoms with van der Waals surface area (Å²) in [7, 11) is 0. The van der Waals surface area contributed by atoms with Gasteiger partial charge in [0, 0.05) is 5.56 Å². The van der Waals surface area contributed by atoms with Crippen LogP contribution in [0.3, 0.4) is 0 Å². The van der Waals surface area contributed by atoms with Crippen LogP contribution in [-0.4, -0.2) is 31.6 Å². The summed E-state index contributed by atoms with van der Waals surface area (Å²) in [6, 6.07) is 10.7. The van der Waals surface area contributed by atoms with E-state index in [2.05, 4.69) is 17.2 Å². The van der Waals surface area contributed by atoms with Gasteiger partial charge >= 0.3 is 12.1 Å². The molecular formula is C21H18F3NO4. The lowest BCUT2D eigenvalue weighted by Crippen LogP contribution is -2.29. The summed E-state index contributed by atoms with van der Waals surface area (Å²) in [6.45, 7) is 1.66. The molecule has 0 atom stereocenters. The van der Waals surface area contributed by atoms with Gasteiger partial charge in [0.2, 0.25) is 0 Å². The minimum atomic E-state index is -4.43. The summed E-state index contributed by atoms with van der Waals surface area (Å²) in [6.07, 6.45) is -4.43. The Bertz CT molecular complexity index is 912. The largest absolute Gasteiger partial charge is 0.484 e. The molecule has 0 saturated heterocycles. The molecule has 0 heterocycles. The van der Waals surface area contributed by atoms with Gasteiger partial charge in [-0.15, -0.1) is 0 Å². The Hall–Kier alpha value is -3.47. The van der Waals surface area contributed by atoms with E-state index in [-0.39, 0.29) is 25.3 Å². The number of hydrogen-bond acceptors (Lipinski definition) is 4. The van der Waals surface area contributed by atoms with Gasteiger partial charge in [0.25, 0.3) is 5.91 Å². The fourth-order valence-electron chi connectivity index (χ4n) is 2.16. The lowest BCUT2D eigenvalue weighted by atomic mass is 10.1. The second-order valence-electron chi connectivity index (χ2n) is 5.69. The van der Waals surface area contributed by atoms with Crippen LogP contribution in [0.25, 0.3) is 0 Å². The smallest absolute Gasteiger partial charge is 0.416 e. The predicted molar refractivity (Wildman–Crippen MR) is 99.2 cm³/mol. The third kappa shape index (κ3) is 7.22. The summed E-state index contributed by atoms with van der Waals surface area (Å²) < 4.78 is 48.1. The first-order chi connectivity index (χ1) is 13.8. The normalized spacial score (nSPS) is 10.5. The van der Waals surface area contributed by atoms with Crippen molar-refractivity contribution in [1.82, 2.24) is 5.32 Å². The molecule has 5 nitrogen and oxygen atoms in total. The second kappa shape index (κ2) is 10.2. The summed E-state index contributed by atoms with van der Waals surface area (Å²) in [5, 5.41) is 2.48. The molecule has 0 spiro atoms. The fourth-order valence-corrected chi connectivity index (χ4v) is 2.16. The number of amides is 1. The average Bonchev–Trinajstić information content (AvgIpc) is 2.70. The SMILES string of the molecule is CCOC(=O)c1ccc(OCC(=O)NCC#Cc2cccc(C(F)(F)F)c2)cc1. The monoisotopic (exact) mass is 405 g/mol. The van der Waals surface area contributed by atoms with E-state index in [9.17, 15) is 22.8 Å². The van der Waals surface area contributed by atoms with Crippen molar-refractivity contribution in [3.05, 3.63) is 65.2 Å². The van der Waals surface area contributed by atoms with Crippen molar-refractivity contribution < 1.29 is 32.2 Å². The van der Waals surface area contributed by atoms with Crippen LogP contribution in [-0.2, 0) is 15.7 Å². The van der Waals surface area contributed by atoms with Gasteiger partial charge in [0.1, 0.15) is 5.75 Å². The Morgan fingerprint density at radius 3 is 2.48 bits per heavy atom. The number of rotatable bonds is 6. The molecule has 0 unspecified atom stereocenters. The van der Waals surface area contributed by atoms with Gasteiger partial charge in [0.15, 0.2) is 6.61 Å². The predicted octanol–water partition coefficient (Wildman–Crippen LogP) is 3.43. The minimum absolute atomic E-state index is 0.0414. The van der Waals surface area contributed by atoms with Crippen LogP contribution >= 0.6 is 0 Å². The van der Waals surface area contributed by atoms with E-state index in [1.807, 2.05) is 0 Å². The van der Waals surface area contributed by atoms with Crippen molar-refractivity contribution in [2.45, 2.75) is 13.1 Å². The van der Waals surface area contributed by atoms with Crippen molar-refractivity contribution in [3.8, 4) is 17.6 Å². The van der Waals surface area contributed by atoms with Gasteiger partial charge in [-0.1, -0.05) is 17.9 Å². The maximum absolute atomic E-state index is 12.6. The standard InChI is InChI=1S/C21H18F3NO4/c1-2-28-20(27)16-8-10-18(11-9-16)29-14-19(26)25-12-4-6-15-5-3-7-17(13-15)21(22,23)24/h3,5,7-11,13H,2,12,14H2,1H3,(H,25,26). The highest BCUT2D eigenvalue weighted by Crippen LogP contribution is 2.29. The van der Waals surface area contributed by atoms with Crippen LogP contribution in [0.15, 0.2) is 48.5 Å². The van der Waals surface area contributed by atoms with E-state index in [1.165, 1.54) is 36.4 Å². The first kappa shape index (κ1) is 21.8. The maximum atomic E-state index is 12.6. The number of benzene rings is 2. The number of hydrogen-bond donors (Lipinski definition) is 1. The first-order valence-electron chi connectivity index (χ1n) is 8.62. The highest BCUT2D eigenvalue weighted by atomic mass is 19.4. The Labute approximate surface area is 165 Å². The van der Waals surface area contributed by atoms with E-state index in [1.54, 1.807) is 6.92 Å². The van der Waals surface area contributed by atoms with Gasteiger partial charge in [-0.2, -0.15) is 13.2 Å². The molecule has 0 aromatic heterocycles. The Morgan fingerprint density at radius 1 is 1.10 bits per heavy atom. The van der Waals surface area contributed by atoms with Crippen LogP contribution in [0.1, 0.15) is 28.4 Å². The number of carbonyl (C=O) groups excluding carboxylic acids is 2. The fraction of sp³-hybridized carbons (Fsp3) is 0.238. The Kier molecular flexibility index (Phi) is 7.66. The molecule has 2 rings (SSSR count). The van der Waals surface area contributed by atoms with Crippen molar-refractivity contribution in [3.63, 3.8) is 0 Å². The quantitative estimate of drug-likeness (QED) is 0.591. The number of nitrogens with one attached hydrogen (secondary N) is 1. The molecule has 1 N–H and O–H groups in total. The molecular weight excluding hydrogens is 387 g/mol. The maximum Gasteiger partial charge on any atom is 0.416 e. The highest BCUT2D eigenvalue weighted by Gasteiger charge is 2.30. The molecule has 0 saturated carbocycles. The Morgan fingerprint density at radius 2 is 1.83 bits per heavy atom. The van der Waals surface area contributed by atoms with E-state index in [0.29, 0.717) is 11.3 Å². The molecule has 2 aromatic carbocycles. The molecule has 29 heavy (non-hydrogen) atoms. The van der Waals surface area contributed by atoms with Crippen LogP contribution in [0.4, 0.5) is 13.2 Å². The minimum Gasteiger partial charge on any atom is -0.484 e. The van der Waals surface area contributed by atoms with E-state index >= 15 is 0 Å².